The molecule has 0 saturated heterocycles. The van der Waals surface area contributed by atoms with Crippen LogP contribution in [0.15, 0.2) is 42.0 Å². The summed E-state index contributed by atoms with van der Waals surface area (Å²) in [7, 11) is 0. The zero-order valence-electron chi connectivity index (χ0n) is 13.0. The maximum atomic E-state index is 12.5. The number of nitrogens with zero attached hydrogens (tertiary/aromatic N) is 4. The molecule has 0 aliphatic carbocycles. The van der Waals surface area contributed by atoms with Crippen LogP contribution in [-0.2, 0) is 0 Å². The van der Waals surface area contributed by atoms with Gasteiger partial charge in [0.2, 0.25) is 0 Å². The lowest BCUT2D eigenvalue weighted by atomic mass is 10.1. The molecule has 0 spiro atoms. The lowest BCUT2D eigenvalue weighted by Gasteiger charge is -2.15. The molecule has 3 aromatic rings. The number of ether oxygens (including phenoxy) is 1. The van der Waals surface area contributed by atoms with Crippen LogP contribution < -0.4 is 10.1 Å². The van der Waals surface area contributed by atoms with E-state index in [0.717, 1.165) is 5.56 Å². The van der Waals surface area contributed by atoms with E-state index >= 15 is 0 Å². The molecule has 0 bridgehead atoms. The fourth-order valence-corrected chi connectivity index (χ4v) is 2.99. The van der Waals surface area contributed by atoms with Crippen LogP contribution in [-0.4, -0.2) is 32.7 Å². The standard InChI is InChI=1S/C15H13F2N5O2S/c1-9(10-2-4-11(5-3-10)24-15(16)17)19-14(23)13-12(6-7-25-13)22-8-18-20-21-22/h2-9,15H,1H3,(H,19,23)/t9-/m1/s1. The van der Waals surface area contributed by atoms with Crippen molar-refractivity contribution in [2.45, 2.75) is 19.6 Å². The van der Waals surface area contributed by atoms with E-state index in [1.54, 1.807) is 30.5 Å². The van der Waals surface area contributed by atoms with E-state index in [9.17, 15) is 13.6 Å². The zero-order valence-corrected chi connectivity index (χ0v) is 13.8. The number of aromatic nitrogens is 4. The molecule has 0 radical (unpaired) electrons. The third-order valence-electron chi connectivity index (χ3n) is 3.40. The van der Waals surface area contributed by atoms with Gasteiger partial charge >= 0.3 is 6.61 Å². The first kappa shape index (κ1) is 17.0. The highest BCUT2D eigenvalue weighted by atomic mass is 32.1. The first-order chi connectivity index (χ1) is 12.0. The van der Waals surface area contributed by atoms with Gasteiger partial charge in [0.1, 0.15) is 17.0 Å². The summed E-state index contributed by atoms with van der Waals surface area (Å²) in [5, 5.41) is 15.5. The number of hydrogen-bond acceptors (Lipinski definition) is 6. The van der Waals surface area contributed by atoms with Crippen molar-refractivity contribution in [1.82, 2.24) is 25.5 Å². The van der Waals surface area contributed by atoms with Gasteiger partial charge in [-0.05, 0) is 46.5 Å². The summed E-state index contributed by atoms with van der Waals surface area (Å²) in [6.07, 6.45) is 1.41. The van der Waals surface area contributed by atoms with Gasteiger partial charge in [-0.25, -0.2) is 0 Å². The molecule has 0 fully saturated rings. The van der Waals surface area contributed by atoms with Gasteiger partial charge in [0.15, 0.2) is 0 Å². The van der Waals surface area contributed by atoms with E-state index in [4.69, 9.17) is 0 Å². The Morgan fingerprint density at radius 2 is 2.04 bits per heavy atom. The van der Waals surface area contributed by atoms with Crippen molar-refractivity contribution in [2.75, 3.05) is 0 Å². The van der Waals surface area contributed by atoms with Crippen molar-refractivity contribution in [3.63, 3.8) is 0 Å². The van der Waals surface area contributed by atoms with Crippen LogP contribution in [0.4, 0.5) is 8.78 Å². The van der Waals surface area contributed by atoms with Gasteiger partial charge in [0, 0.05) is 0 Å². The molecule has 3 rings (SSSR count). The Balaban J connectivity index is 1.70. The maximum Gasteiger partial charge on any atom is 0.387 e. The number of amides is 1. The van der Waals surface area contributed by atoms with Crippen LogP contribution in [0.5, 0.6) is 5.75 Å². The van der Waals surface area contributed by atoms with Crippen molar-refractivity contribution >= 4 is 17.2 Å². The molecule has 0 aliphatic rings. The lowest BCUT2D eigenvalue weighted by Crippen LogP contribution is -2.26. The molecule has 1 amide bonds. The monoisotopic (exact) mass is 365 g/mol. The lowest BCUT2D eigenvalue weighted by molar-refractivity contribution is -0.0498. The largest absolute Gasteiger partial charge is 0.435 e. The number of tetrazole rings is 1. The number of halogens is 2. The average Bonchev–Trinajstić information content (AvgIpc) is 3.26. The van der Waals surface area contributed by atoms with Gasteiger partial charge in [-0.3, -0.25) is 4.79 Å². The minimum atomic E-state index is -2.87. The predicted octanol–water partition coefficient (Wildman–Crippen LogP) is 2.82. The molecule has 0 unspecified atom stereocenters. The number of alkyl halides is 2. The van der Waals surface area contributed by atoms with Crippen molar-refractivity contribution in [2.24, 2.45) is 0 Å². The number of nitrogens with one attached hydrogen (secondary N) is 1. The Kier molecular flexibility index (Phi) is 4.98. The molecule has 2 aromatic heterocycles. The van der Waals surface area contributed by atoms with Crippen molar-refractivity contribution in [3.05, 3.63) is 52.5 Å². The summed E-state index contributed by atoms with van der Waals surface area (Å²) in [5.74, 6) is -0.211. The first-order valence-electron chi connectivity index (χ1n) is 7.21. The van der Waals surface area contributed by atoms with Crippen LogP contribution in [0.2, 0.25) is 0 Å². The van der Waals surface area contributed by atoms with Crippen LogP contribution in [0.3, 0.4) is 0 Å². The molecular formula is C15H13F2N5O2S. The third-order valence-corrected chi connectivity index (χ3v) is 4.30. The fraction of sp³-hybridized carbons (Fsp3) is 0.200. The van der Waals surface area contributed by atoms with Gasteiger partial charge in [0.25, 0.3) is 5.91 Å². The topological polar surface area (TPSA) is 81.9 Å². The van der Waals surface area contributed by atoms with Crippen LogP contribution >= 0.6 is 11.3 Å². The van der Waals surface area contributed by atoms with E-state index in [1.165, 1.54) is 34.5 Å². The first-order valence-corrected chi connectivity index (χ1v) is 8.09. The van der Waals surface area contributed by atoms with Gasteiger partial charge in [0.05, 0.1) is 11.7 Å². The molecule has 0 saturated carbocycles. The molecule has 25 heavy (non-hydrogen) atoms. The summed E-state index contributed by atoms with van der Waals surface area (Å²) >= 11 is 1.27. The Morgan fingerprint density at radius 1 is 1.28 bits per heavy atom. The normalized spacial score (nSPS) is 12.2. The molecule has 2 heterocycles. The maximum absolute atomic E-state index is 12.5. The Bertz CT molecular complexity index is 836. The molecular weight excluding hydrogens is 352 g/mol. The summed E-state index contributed by atoms with van der Waals surface area (Å²) in [5.41, 5.74) is 1.34. The number of thiophene rings is 1. The molecule has 0 aliphatic heterocycles. The second-order valence-corrected chi connectivity index (χ2v) is 5.95. The van der Waals surface area contributed by atoms with Crippen molar-refractivity contribution < 1.29 is 18.3 Å². The van der Waals surface area contributed by atoms with Crippen LogP contribution in [0.1, 0.15) is 28.2 Å². The van der Waals surface area contributed by atoms with Gasteiger partial charge in [-0.2, -0.15) is 13.5 Å². The number of carbonyl (C=O) groups excluding carboxylic acids is 1. The number of hydrogen-bond donors (Lipinski definition) is 1. The fourth-order valence-electron chi connectivity index (χ4n) is 2.21. The third kappa shape index (κ3) is 3.97. The summed E-state index contributed by atoms with van der Waals surface area (Å²) in [6, 6.07) is 7.54. The Hall–Kier alpha value is -2.88. The molecule has 7 nitrogen and oxygen atoms in total. The number of benzene rings is 1. The van der Waals surface area contributed by atoms with E-state index in [-0.39, 0.29) is 17.7 Å². The molecule has 1 aromatic carbocycles. The van der Waals surface area contributed by atoms with Crippen LogP contribution in [0, 0.1) is 0 Å². The highest BCUT2D eigenvalue weighted by Crippen LogP contribution is 2.23. The smallest absolute Gasteiger partial charge is 0.387 e. The van der Waals surface area contributed by atoms with Gasteiger partial charge < -0.3 is 10.1 Å². The Morgan fingerprint density at radius 3 is 2.68 bits per heavy atom. The number of rotatable bonds is 6. The van der Waals surface area contributed by atoms with Gasteiger partial charge in [-0.1, -0.05) is 12.1 Å². The quantitative estimate of drug-likeness (QED) is 0.726. The minimum absolute atomic E-state index is 0.0662. The Labute approximate surface area is 145 Å². The second kappa shape index (κ2) is 7.34. The van der Waals surface area contributed by atoms with E-state index in [0.29, 0.717) is 10.6 Å². The van der Waals surface area contributed by atoms with E-state index in [2.05, 4.69) is 25.6 Å². The number of carbonyl (C=O) groups is 1. The highest BCUT2D eigenvalue weighted by molar-refractivity contribution is 7.12. The molecule has 130 valence electrons. The van der Waals surface area contributed by atoms with Crippen LogP contribution in [0.25, 0.3) is 5.69 Å². The van der Waals surface area contributed by atoms with Gasteiger partial charge in [-0.15, -0.1) is 16.4 Å². The van der Waals surface area contributed by atoms with E-state index in [1.807, 2.05) is 0 Å². The molecule has 1 N–H and O–H groups in total. The average molecular weight is 365 g/mol. The SMILES string of the molecule is C[C@@H](NC(=O)c1sccc1-n1cnnn1)c1ccc(OC(F)F)cc1. The zero-order chi connectivity index (χ0) is 17.8. The van der Waals surface area contributed by atoms with Crippen molar-refractivity contribution in [1.29, 1.82) is 0 Å². The molecule has 10 heteroatoms. The highest BCUT2D eigenvalue weighted by Gasteiger charge is 2.18. The minimum Gasteiger partial charge on any atom is -0.435 e. The van der Waals surface area contributed by atoms with Crippen molar-refractivity contribution in [3.8, 4) is 11.4 Å². The van der Waals surface area contributed by atoms with E-state index < -0.39 is 6.61 Å². The summed E-state index contributed by atoms with van der Waals surface area (Å²) in [6.45, 7) is -1.07. The molecule has 1 atom stereocenters. The summed E-state index contributed by atoms with van der Waals surface area (Å²) in [4.78, 5) is 13.0. The second-order valence-electron chi connectivity index (χ2n) is 5.03. The predicted molar refractivity (Wildman–Crippen MR) is 86.0 cm³/mol. The summed E-state index contributed by atoms with van der Waals surface area (Å²) < 4.78 is 30.1.